The third-order valence-electron chi connectivity index (χ3n) is 5.57. The van der Waals surface area contributed by atoms with Crippen molar-refractivity contribution in [3.05, 3.63) is 54.9 Å². The summed E-state index contributed by atoms with van der Waals surface area (Å²) in [5.74, 6) is 0.532. The molecule has 0 saturated carbocycles. The van der Waals surface area contributed by atoms with Gasteiger partial charge in [-0.2, -0.15) is 0 Å². The topological polar surface area (TPSA) is 78.4 Å². The summed E-state index contributed by atoms with van der Waals surface area (Å²) >= 11 is 0. The van der Waals surface area contributed by atoms with Crippen molar-refractivity contribution in [1.82, 2.24) is 9.97 Å². The maximum Gasteiger partial charge on any atom is 0.311 e. The van der Waals surface area contributed by atoms with Crippen LogP contribution in [0.4, 0.5) is 0 Å². The summed E-state index contributed by atoms with van der Waals surface area (Å²) in [6.45, 7) is 7.44. The molecule has 6 nitrogen and oxygen atoms in total. The third-order valence-corrected chi connectivity index (χ3v) is 5.57. The first-order chi connectivity index (χ1) is 16.5. The molecule has 34 heavy (non-hydrogen) atoms. The Kier molecular flexibility index (Phi) is 12.6. The first kappa shape index (κ1) is 27.2. The highest BCUT2D eigenvalue weighted by Gasteiger charge is 2.09. The van der Waals surface area contributed by atoms with Crippen LogP contribution in [-0.2, 0) is 20.7 Å². The molecule has 0 radical (unpaired) electrons. The number of carbonyl (C=O) groups is 2. The van der Waals surface area contributed by atoms with Crippen molar-refractivity contribution >= 4 is 11.9 Å². The standard InChI is InChI=1S/C28H38N2O4/c1-4-6-7-8-9-10-11-12-13-27(32)34-25-20-29-28(30-21-25)24-18-16-23(17-19-24)15-14-22(3)33-26(31)5-2/h4,16-22H,1,5-15H2,2-3H3. The molecule has 1 aromatic carbocycles. The lowest BCUT2D eigenvalue weighted by atomic mass is 10.1. The summed E-state index contributed by atoms with van der Waals surface area (Å²) in [5, 5.41) is 0. The predicted octanol–water partition coefficient (Wildman–Crippen LogP) is 6.63. The summed E-state index contributed by atoms with van der Waals surface area (Å²) in [4.78, 5) is 32.1. The summed E-state index contributed by atoms with van der Waals surface area (Å²) in [6.07, 6.45) is 15.1. The molecule has 0 spiro atoms. The summed E-state index contributed by atoms with van der Waals surface area (Å²) in [6, 6.07) is 7.99. The van der Waals surface area contributed by atoms with Gasteiger partial charge in [-0.1, -0.05) is 62.9 Å². The number of aryl methyl sites for hydroxylation is 1. The van der Waals surface area contributed by atoms with Crippen molar-refractivity contribution in [3.8, 4) is 17.1 Å². The molecule has 0 bridgehead atoms. The number of carbonyl (C=O) groups excluding carboxylic acids is 2. The van der Waals surface area contributed by atoms with Crippen LogP contribution in [0.15, 0.2) is 49.3 Å². The molecule has 184 valence electrons. The van der Waals surface area contributed by atoms with Gasteiger partial charge < -0.3 is 9.47 Å². The summed E-state index contributed by atoms with van der Waals surface area (Å²) in [5.41, 5.74) is 2.05. The molecule has 6 heteroatoms. The van der Waals surface area contributed by atoms with Gasteiger partial charge >= 0.3 is 11.9 Å². The first-order valence-corrected chi connectivity index (χ1v) is 12.4. The van der Waals surface area contributed by atoms with Crippen LogP contribution in [0.2, 0.25) is 0 Å². The van der Waals surface area contributed by atoms with Crippen LogP contribution in [0.1, 0.15) is 83.6 Å². The van der Waals surface area contributed by atoms with Crippen LogP contribution >= 0.6 is 0 Å². The maximum atomic E-state index is 12.0. The summed E-state index contributed by atoms with van der Waals surface area (Å²) < 4.78 is 10.7. The number of benzene rings is 1. The van der Waals surface area contributed by atoms with Gasteiger partial charge in [0.05, 0.1) is 18.5 Å². The monoisotopic (exact) mass is 466 g/mol. The van der Waals surface area contributed by atoms with E-state index in [-0.39, 0.29) is 18.0 Å². The molecule has 1 heterocycles. The molecular formula is C28H38N2O4. The average molecular weight is 467 g/mol. The Morgan fingerprint density at radius 1 is 0.971 bits per heavy atom. The van der Waals surface area contributed by atoms with E-state index in [4.69, 9.17) is 9.47 Å². The van der Waals surface area contributed by atoms with E-state index in [9.17, 15) is 9.59 Å². The molecule has 0 saturated heterocycles. The summed E-state index contributed by atoms with van der Waals surface area (Å²) in [7, 11) is 0. The molecule has 2 aromatic rings. The number of esters is 2. The van der Waals surface area contributed by atoms with E-state index in [1.807, 2.05) is 37.3 Å². The highest BCUT2D eigenvalue weighted by Crippen LogP contribution is 2.19. The van der Waals surface area contributed by atoms with E-state index in [2.05, 4.69) is 16.5 Å². The van der Waals surface area contributed by atoms with Gasteiger partial charge in [0.2, 0.25) is 0 Å². The fraction of sp³-hybridized carbons (Fsp3) is 0.500. The van der Waals surface area contributed by atoms with Gasteiger partial charge in [0.1, 0.15) is 0 Å². The Morgan fingerprint density at radius 2 is 1.62 bits per heavy atom. The highest BCUT2D eigenvalue weighted by atomic mass is 16.5. The number of allylic oxidation sites excluding steroid dienone is 1. The Bertz CT molecular complexity index is 878. The van der Waals surface area contributed by atoms with Crippen molar-refractivity contribution < 1.29 is 19.1 Å². The lowest BCUT2D eigenvalue weighted by molar-refractivity contribution is -0.148. The minimum atomic E-state index is -0.244. The molecule has 0 aliphatic carbocycles. The molecule has 1 aromatic heterocycles. The van der Waals surface area contributed by atoms with Crippen LogP contribution in [0, 0.1) is 0 Å². The Balaban J connectivity index is 1.71. The normalized spacial score (nSPS) is 11.6. The number of hydrogen-bond donors (Lipinski definition) is 0. The quantitative estimate of drug-likeness (QED) is 0.157. The number of ether oxygens (including phenoxy) is 2. The Hall–Kier alpha value is -3.02. The average Bonchev–Trinajstić information content (AvgIpc) is 2.85. The van der Waals surface area contributed by atoms with E-state index in [1.165, 1.54) is 31.7 Å². The second-order valence-electron chi connectivity index (χ2n) is 8.55. The van der Waals surface area contributed by atoms with E-state index < -0.39 is 0 Å². The number of hydrogen-bond acceptors (Lipinski definition) is 6. The Morgan fingerprint density at radius 3 is 2.26 bits per heavy atom. The van der Waals surface area contributed by atoms with Gasteiger partial charge in [0, 0.05) is 18.4 Å². The van der Waals surface area contributed by atoms with E-state index in [0.717, 1.165) is 49.7 Å². The zero-order valence-electron chi connectivity index (χ0n) is 20.6. The SMILES string of the molecule is C=CCCCCCCCCC(=O)Oc1cnc(-c2ccc(CCC(C)OC(=O)CC)cc2)nc1. The van der Waals surface area contributed by atoms with Crippen molar-refractivity contribution in [2.75, 3.05) is 0 Å². The van der Waals surface area contributed by atoms with Crippen LogP contribution in [-0.4, -0.2) is 28.0 Å². The zero-order valence-corrected chi connectivity index (χ0v) is 20.6. The minimum absolute atomic E-state index is 0.0990. The van der Waals surface area contributed by atoms with Crippen molar-refractivity contribution in [2.24, 2.45) is 0 Å². The molecule has 1 unspecified atom stereocenters. The van der Waals surface area contributed by atoms with Crippen LogP contribution in [0.5, 0.6) is 5.75 Å². The van der Waals surface area contributed by atoms with Crippen molar-refractivity contribution in [1.29, 1.82) is 0 Å². The van der Waals surface area contributed by atoms with E-state index in [1.54, 1.807) is 6.92 Å². The number of rotatable bonds is 16. The third kappa shape index (κ3) is 10.7. The Labute approximate surface area is 203 Å². The lowest BCUT2D eigenvalue weighted by Gasteiger charge is -2.12. The van der Waals surface area contributed by atoms with E-state index in [0.29, 0.717) is 24.4 Å². The molecule has 0 aliphatic rings. The zero-order chi connectivity index (χ0) is 24.6. The van der Waals surface area contributed by atoms with Gasteiger partial charge in [0.15, 0.2) is 11.6 Å². The van der Waals surface area contributed by atoms with Crippen molar-refractivity contribution in [2.45, 2.75) is 90.6 Å². The molecule has 0 aliphatic heterocycles. The molecular weight excluding hydrogens is 428 g/mol. The fourth-order valence-corrected chi connectivity index (χ4v) is 3.52. The van der Waals surface area contributed by atoms with Gasteiger partial charge in [-0.25, -0.2) is 9.97 Å². The maximum absolute atomic E-state index is 12.0. The number of unbranched alkanes of at least 4 members (excludes halogenated alkanes) is 6. The predicted molar refractivity (Wildman–Crippen MR) is 134 cm³/mol. The molecule has 2 rings (SSSR count). The first-order valence-electron chi connectivity index (χ1n) is 12.4. The second kappa shape index (κ2) is 15.8. The van der Waals surface area contributed by atoms with Crippen molar-refractivity contribution in [3.63, 3.8) is 0 Å². The largest absolute Gasteiger partial charge is 0.463 e. The number of aromatic nitrogens is 2. The minimum Gasteiger partial charge on any atom is -0.463 e. The van der Waals surface area contributed by atoms with Crippen LogP contribution in [0.25, 0.3) is 11.4 Å². The fourth-order valence-electron chi connectivity index (χ4n) is 3.52. The van der Waals surface area contributed by atoms with E-state index >= 15 is 0 Å². The molecule has 0 N–H and O–H groups in total. The lowest BCUT2D eigenvalue weighted by Crippen LogP contribution is -2.14. The van der Waals surface area contributed by atoms with Gasteiger partial charge in [0.25, 0.3) is 0 Å². The van der Waals surface area contributed by atoms with Crippen LogP contribution in [0.3, 0.4) is 0 Å². The highest BCUT2D eigenvalue weighted by molar-refractivity contribution is 5.72. The molecule has 1 atom stereocenters. The smallest absolute Gasteiger partial charge is 0.311 e. The van der Waals surface area contributed by atoms with Gasteiger partial charge in [-0.05, 0) is 44.6 Å². The van der Waals surface area contributed by atoms with Crippen LogP contribution < -0.4 is 4.74 Å². The molecule has 0 amide bonds. The van der Waals surface area contributed by atoms with Gasteiger partial charge in [-0.15, -0.1) is 6.58 Å². The van der Waals surface area contributed by atoms with Gasteiger partial charge in [-0.3, -0.25) is 9.59 Å². The number of nitrogens with zero attached hydrogens (tertiary/aromatic N) is 2. The second-order valence-corrected chi connectivity index (χ2v) is 8.55. The molecule has 0 fully saturated rings.